The van der Waals surface area contributed by atoms with Crippen molar-refractivity contribution in [2.24, 2.45) is 0 Å². The Hall–Kier alpha value is -1.03. The fourth-order valence-electron chi connectivity index (χ4n) is 2.16. The zero-order valence-corrected chi connectivity index (χ0v) is 13.8. The first-order valence-electron chi connectivity index (χ1n) is 6.39. The van der Waals surface area contributed by atoms with E-state index < -0.39 is 0 Å². The number of likely N-dealkylation sites (N-methyl/N-ethyl adjacent to an activating group) is 1. The average molecular weight is 355 g/mol. The number of methoxy groups -OCH3 is 1. The summed E-state index contributed by atoms with van der Waals surface area (Å²) in [5.41, 5.74) is 2.42. The first kappa shape index (κ1) is 15.4. The highest BCUT2D eigenvalue weighted by atomic mass is 79.9. The van der Waals surface area contributed by atoms with Gasteiger partial charge in [0.25, 0.3) is 0 Å². The van der Waals surface area contributed by atoms with Crippen LogP contribution in [-0.2, 0) is 6.42 Å². The Bertz CT molecular complexity index is 588. The summed E-state index contributed by atoms with van der Waals surface area (Å²) < 4.78 is 6.41. The van der Waals surface area contributed by atoms with Gasteiger partial charge in [-0.3, -0.25) is 0 Å². The number of ether oxygens (including phenoxy) is 1. The van der Waals surface area contributed by atoms with Crippen LogP contribution in [0.4, 0.5) is 0 Å². The normalized spacial score (nSPS) is 12.2. The maximum atomic E-state index is 6.08. The maximum absolute atomic E-state index is 6.08. The molecule has 106 valence electrons. The van der Waals surface area contributed by atoms with Crippen molar-refractivity contribution < 1.29 is 4.74 Å². The van der Waals surface area contributed by atoms with Gasteiger partial charge in [0.1, 0.15) is 5.75 Å². The van der Waals surface area contributed by atoms with Crippen molar-refractivity contribution in [3.05, 3.63) is 63.1 Å². The SMILES string of the molecule is CNC(Cc1ccccc1Br)c1ccc(Cl)c(OC)c1. The molecular weight excluding hydrogens is 338 g/mol. The summed E-state index contributed by atoms with van der Waals surface area (Å²) in [6, 6.07) is 14.4. The molecule has 0 aliphatic carbocycles. The lowest BCUT2D eigenvalue weighted by atomic mass is 9.99. The Labute approximate surface area is 133 Å². The lowest BCUT2D eigenvalue weighted by Crippen LogP contribution is -2.19. The zero-order chi connectivity index (χ0) is 14.5. The summed E-state index contributed by atoms with van der Waals surface area (Å²) in [5.74, 6) is 0.705. The first-order chi connectivity index (χ1) is 9.65. The molecule has 1 N–H and O–H groups in total. The Morgan fingerprint density at radius 2 is 2.00 bits per heavy atom. The molecule has 0 aliphatic rings. The topological polar surface area (TPSA) is 21.3 Å². The molecule has 20 heavy (non-hydrogen) atoms. The summed E-state index contributed by atoms with van der Waals surface area (Å²) in [5, 5.41) is 3.98. The van der Waals surface area contributed by atoms with Gasteiger partial charge in [0.05, 0.1) is 12.1 Å². The van der Waals surface area contributed by atoms with Crippen LogP contribution < -0.4 is 10.1 Å². The molecule has 2 aromatic carbocycles. The highest BCUT2D eigenvalue weighted by Gasteiger charge is 2.13. The molecular formula is C16H17BrClNO. The lowest BCUT2D eigenvalue weighted by molar-refractivity contribution is 0.413. The van der Waals surface area contributed by atoms with Crippen LogP contribution in [0.25, 0.3) is 0 Å². The van der Waals surface area contributed by atoms with E-state index in [1.807, 2.05) is 31.3 Å². The predicted molar refractivity (Wildman–Crippen MR) is 87.7 cm³/mol. The van der Waals surface area contributed by atoms with Gasteiger partial charge in [0.15, 0.2) is 0 Å². The molecule has 0 saturated heterocycles. The summed E-state index contributed by atoms with van der Waals surface area (Å²) in [7, 11) is 3.59. The second-order valence-corrected chi connectivity index (χ2v) is 5.79. The van der Waals surface area contributed by atoms with Crippen molar-refractivity contribution in [1.29, 1.82) is 0 Å². The van der Waals surface area contributed by atoms with Crippen molar-refractivity contribution in [2.45, 2.75) is 12.5 Å². The second-order valence-electron chi connectivity index (χ2n) is 4.53. The molecule has 4 heteroatoms. The Balaban J connectivity index is 2.26. The van der Waals surface area contributed by atoms with Crippen LogP contribution in [0.2, 0.25) is 5.02 Å². The first-order valence-corrected chi connectivity index (χ1v) is 7.57. The van der Waals surface area contributed by atoms with E-state index in [-0.39, 0.29) is 6.04 Å². The Morgan fingerprint density at radius 1 is 1.25 bits per heavy atom. The van der Waals surface area contributed by atoms with Crippen molar-refractivity contribution in [2.75, 3.05) is 14.2 Å². The number of hydrogen-bond donors (Lipinski definition) is 1. The maximum Gasteiger partial charge on any atom is 0.137 e. The van der Waals surface area contributed by atoms with Crippen molar-refractivity contribution >= 4 is 27.5 Å². The van der Waals surface area contributed by atoms with E-state index in [2.05, 4.69) is 39.4 Å². The van der Waals surface area contributed by atoms with Gasteiger partial charge < -0.3 is 10.1 Å². The van der Waals surface area contributed by atoms with E-state index in [1.54, 1.807) is 7.11 Å². The van der Waals surface area contributed by atoms with Crippen molar-refractivity contribution in [1.82, 2.24) is 5.32 Å². The number of hydrogen-bond acceptors (Lipinski definition) is 2. The number of benzene rings is 2. The third-order valence-electron chi connectivity index (χ3n) is 3.31. The predicted octanol–water partition coefficient (Wildman–Crippen LogP) is 4.61. The highest BCUT2D eigenvalue weighted by molar-refractivity contribution is 9.10. The van der Waals surface area contributed by atoms with Crippen LogP contribution in [0.15, 0.2) is 46.9 Å². The average Bonchev–Trinajstić information content (AvgIpc) is 2.47. The Kier molecular flexibility index (Phi) is 5.46. The van der Waals surface area contributed by atoms with Gasteiger partial charge in [-0.15, -0.1) is 0 Å². The van der Waals surface area contributed by atoms with Gasteiger partial charge in [-0.25, -0.2) is 0 Å². The fourth-order valence-corrected chi connectivity index (χ4v) is 2.80. The third-order valence-corrected chi connectivity index (χ3v) is 4.39. The van der Waals surface area contributed by atoms with E-state index in [1.165, 1.54) is 5.56 Å². The van der Waals surface area contributed by atoms with E-state index >= 15 is 0 Å². The van der Waals surface area contributed by atoms with Gasteiger partial charge in [-0.1, -0.05) is 51.8 Å². The summed E-state index contributed by atoms with van der Waals surface area (Å²) in [6.45, 7) is 0. The van der Waals surface area contributed by atoms with Crippen LogP contribution in [0.5, 0.6) is 5.75 Å². The molecule has 0 bridgehead atoms. The number of nitrogens with one attached hydrogen (secondary N) is 1. The molecule has 0 aliphatic heterocycles. The quantitative estimate of drug-likeness (QED) is 0.846. The highest BCUT2D eigenvalue weighted by Crippen LogP contribution is 2.30. The molecule has 0 spiro atoms. The molecule has 2 rings (SSSR count). The lowest BCUT2D eigenvalue weighted by Gasteiger charge is -2.18. The van der Waals surface area contributed by atoms with E-state index in [0.717, 1.165) is 16.5 Å². The van der Waals surface area contributed by atoms with Gasteiger partial charge >= 0.3 is 0 Å². The number of rotatable bonds is 5. The molecule has 1 unspecified atom stereocenters. The summed E-state index contributed by atoms with van der Waals surface area (Å²) in [6.07, 6.45) is 0.892. The van der Waals surface area contributed by atoms with Gasteiger partial charge in [-0.2, -0.15) is 0 Å². The Morgan fingerprint density at radius 3 is 2.65 bits per heavy atom. The standard InChI is InChI=1S/C16H17BrClNO/c1-19-15(9-11-5-3-4-6-13(11)17)12-7-8-14(18)16(10-12)20-2/h3-8,10,15,19H,9H2,1-2H3. The molecule has 0 fully saturated rings. The zero-order valence-electron chi connectivity index (χ0n) is 11.5. The van der Waals surface area contributed by atoms with E-state index in [0.29, 0.717) is 10.8 Å². The van der Waals surface area contributed by atoms with Crippen molar-refractivity contribution in [3.8, 4) is 5.75 Å². The van der Waals surface area contributed by atoms with Crippen LogP contribution in [0.1, 0.15) is 17.2 Å². The molecule has 2 nitrogen and oxygen atoms in total. The van der Waals surface area contributed by atoms with Gasteiger partial charge in [0.2, 0.25) is 0 Å². The van der Waals surface area contributed by atoms with Gasteiger partial charge in [-0.05, 0) is 42.8 Å². The second kappa shape index (κ2) is 7.11. The monoisotopic (exact) mass is 353 g/mol. The molecule has 0 radical (unpaired) electrons. The fraction of sp³-hybridized carbons (Fsp3) is 0.250. The summed E-state index contributed by atoms with van der Waals surface area (Å²) >= 11 is 9.67. The molecule has 2 aromatic rings. The molecule has 0 heterocycles. The minimum Gasteiger partial charge on any atom is -0.495 e. The van der Waals surface area contributed by atoms with Crippen molar-refractivity contribution in [3.63, 3.8) is 0 Å². The minimum atomic E-state index is 0.208. The van der Waals surface area contributed by atoms with E-state index in [9.17, 15) is 0 Å². The van der Waals surface area contributed by atoms with Crippen LogP contribution in [0, 0.1) is 0 Å². The molecule has 0 aromatic heterocycles. The minimum absolute atomic E-state index is 0.208. The van der Waals surface area contributed by atoms with Crippen LogP contribution in [0.3, 0.4) is 0 Å². The molecule has 0 saturated carbocycles. The van der Waals surface area contributed by atoms with Gasteiger partial charge in [0, 0.05) is 10.5 Å². The summed E-state index contributed by atoms with van der Waals surface area (Å²) in [4.78, 5) is 0. The smallest absolute Gasteiger partial charge is 0.137 e. The number of halogens is 2. The molecule has 0 amide bonds. The third kappa shape index (κ3) is 3.54. The largest absolute Gasteiger partial charge is 0.495 e. The van der Waals surface area contributed by atoms with Crippen LogP contribution in [-0.4, -0.2) is 14.2 Å². The van der Waals surface area contributed by atoms with E-state index in [4.69, 9.17) is 16.3 Å². The van der Waals surface area contributed by atoms with Crippen LogP contribution >= 0.6 is 27.5 Å². The molecule has 1 atom stereocenters.